The molecule has 7 heteroatoms. The van der Waals surface area contributed by atoms with Gasteiger partial charge in [-0.05, 0) is 49.4 Å². The zero-order chi connectivity index (χ0) is 23.5. The fraction of sp³-hybridized carbons (Fsp3) is 0.333. The number of piperazine rings is 1. The first-order chi connectivity index (χ1) is 16.6. The molecule has 6 nitrogen and oxygen atoms in total. The molecule has 0 N–H and O–H groups in total. The highest BCUT2D eigenvalue weighted by Gasteiger charge is 2.17. The van der Waals surface area contributed by atoms with Crippen LogP contribution in [0.3, 0.4) is 0 Å². The number of benzene rings is 1. The Kier molecular flexibility index (Phi) is 6.65. The lowest BCUT2D eigenvalue weighted by Crippen LogP contribution is -2.44. The summed E-state index contributed by atoms with van der Waals surface area (Å²) < 4.78 is 1.10. The predicted octanol–water partition coefficient (Wildman–Crippen LogP) is 5.08. The van der Waals surface area contributed by atoms with Gasteiger partial charge < -0.3 is 9.80 Å². The number of Topliss-reactive ketones (excluding diaryl/α,β-unsaturated/α-hetero) is 1. The highest BCUT2D eigenvalue weighted by atomic mass is 32.1. The van der Waals surface area contributed by atoms with Gasteiger partial charge in [0.2, 0.25) is 0 Å². The van der Waals surface area contributed by atoms with Crippen LogP contribution in [0.4, 0.5) is 5.82 Å². The van der Waals surface area contributed by atoms with Crippen molar-refractivity contribution in [2.75, 3.05) is 38.1 Å². The van der Waals surface area contributed by atoms with Gasteiger partial charge in [0.25, 0.3) is 0 Å². The summed E-state index contributed by atoms with van der Waals surface area (Å²) in [7, 11) is 2.16. The number of rotatable bonds is 7. The summed E-state index contributed by atoms with van der Waals surface area (Å²) in [5.41, 5.74) is 5.19. The molecule has 1 fully saturated rings. The molecule has 1 aliphatic rings. The van der Waals surface area contributed by atoms with Crippen molar-refractivity contribution >= 4 is 33.2 Å². The van der Waals surface area contributed by atoms with Crippen molar-refractivity contribution in [2.24, 2.45) is 0 Å². The van der Waals surface area contributed by atoms with E-state index in [1.54, 1.807) is 17.5 Å². The lowest BCUT2D eigenvalue weighted by molar-refractivity contribution is -0.118. The number of hydrogen-bond acceptors (Lipinski definition) is 7. The van der Waals surface area contributed by atoms with Crippen molar-refractivity contribution in [2.45, 2.75) is 26.2 Å². The molecule has 4 aromatic rings. The number of anilines is 1. The number of aromatic nitrogens is 3. The largest absolute Gasteiger partial charge is 0.354 e. The summed E-state index contributed by atoms with van der Waals surface area (Å²) in [6.45, 7) is 6.14. The van der Waals surface area contributed by atoms with Gasteiger partial charge >= 0.3 is 0 Å². The average molecular weight is 472 g/mol. The van der Waals surface area contributed by atoms with Gasteiger partial charge in [-0.2, -0.15) is 0 Å². The molecule has 5 rings (SSSR count). The monoisotopic (exact) mass is 471 g/mol. The molecular formula is C27H29N5OS. The van der Waals surface area contributed by atoms with Crippen LogP contribution in [0.5, 0.6) is 0 Å². The van der Waals surface area contributed by atoms with E-state index in [9.17, 15) is 4.79 Å². The number of carbonyl (C=O) groups excluding carboxylic acids is 1. The van der Waals surface area contributed by atoms with Crippen molar-refractivity contribution in [1.29, 1.82) is 0 Å². The van der Waals surface area contributed by atoms with E-state index in [0.29, 0.717) is 12.8 Å². The molecule has 0 atom stereocenters. The number of nitrogens with zero attached hydrogens (tertiary/aromatic N) is 5. The fourth-order valence-electron chi connectivity index (χ4n) is 4.37. The molecule has 1 aromatic carbocycles. The van der Waals surface area contributed by atoms with Crippen LogP contribution in [0.2, 0.25) is 0 Å². The Bertz CT molecular complexity index is 1280. The molecular weight excluding hydrogens is 442 g/mol. The third-order valence-corrected chi connectivity index (χ3v) is 7.40. The van der Waals surface area contributed by atoms with Crippen LogP contribution >= 0.6 is 11.3 Å². The summed E-state index contributed by atoms with van der Waals surface area (Å²) in [4.78, 5) is 30.9. The molecule has 1 saturated heterocycles. The maximum atomic E-state index is 12.3. The van der Waals surface area contributed by atoms with Gasteiger partial charge in [-0.1, -0.05) is 13.0 Å². The molecule has 0 spiro atoms. The smallest absolute Gasteiger partial charge is 0.139 e. The summed E-state index contributed by atoms with van der Waals surface area (Å²) >= 11 is 1.61. The molecule has 3 aromatic heterocycles. The highest BCUT2D eigenvalue weighted by Crippen LogP contribution is 2.37. The van der Waals surface area contributed by atoms with Crippen LogP contribution in [-0.4, -0.2) is 58.9 Å². The first-order valence-electron chi connectivity index (χ1n) is 11.9. The molecule has 0 unspecified atom stereocenters. The van der Waals surface area contributed by atoms with E-state index in [-0.39, 0.29) is 5.78 Å². The van der Waals surface area contributed by atoms with Crippen molar-refractivity contribution in [3.8, 4) is 22.3 Å². The Morgan fingerprint density at radius 3 is 2.59 bits per heavy atom. The number of pyridine rings is 2. The zero-order valence-corrected chi connectivity index (χ0v) is 20.5. The maximum Gasteiger partial charge on any atom is 0.139 e. The topological polar surface area (TPSA) is 62.2 Å². The van der Waals surface area contributed by atoms with Crippen LogP contribution in [0, 0.1) is 0 Å². The van der Waals surface area contributed by atoms with Crippen molar-refractivity contribution < 1.29 is 4.79 Å². The van der Waals surface area contributed by atoms with Gasteiger partial charge in [0.05, 0.1) is 16.6 Å². The standard InChI is InChI=1S/C27H29N5OS/c1-3-5-22(33)16-26-30-24-15-21(14-23(27(24)34-26)20-6-4-9-28-17-20)19-7-8-25(29-18-19)32-12-10-31(2)11-13-32/h4,6-9,14-15,17-18H,3,5,10-13,16H2,1-2H3. The summed E-state index contributed by atoms with van der Waals surface area (Å²) in [6.07, 6.45) is 7.49. The van der Waals surface area contributed by atoms with Crippen molar-refractivity contribution in [1.82, 2.24) is 19.9 Å². The minimum atomic E-state index is 0.244. The van der Waals surface area contributed by atoms with Crippen LogP contribution in [0.25, 0.3) is 32.5 Å². The van der Waals surface area contributed by atoms with E-state index < -0.39 is 0 Å². The zero-order valence-electron chi connectivity index (χ0n) is 19.7. The van der Waals surface area contributed by atoms with Crippen LogP contribution in [0.1, 0.15) is 24.8 Å². The molecule has 0 radical (unpaired) electrons. The first-order valence-corrected chi connectivity index (χ1v) is 12.7. The first kappa shape index (κ1) is 22.6. The lowest BCUT2D eigenvalue weighted by Gasteiger charge is -2.33. The summed E-state index contributed by atoms with van der Waals surface area (Å²) in [6, 6.07) is 12.6. The van der Waals surface area contributed by atoms with Gasteiger partial charge in [0, 0.05) is 67.9 Å². The Labute approximate surface area is 204 Å². The van der Waals surface area contributed by atoms with E-state index in [2.05, 4.69) is 52.2 Å². The number of ketones is 1. The van der Waals surface area contributed by atoms with E-state index in [1.807, 2.05) is 25.4 Å². The normalized spacial score (nSPS) is 14.6. The number of hydrogen-bond donors (Lipinski definition) is 0. The number of thiazole rings is 1. The van der Waals surface area contributed by atoms with Crippen LogP contribution in [0.15, 0.2) is 55.0 Å². The summed E-state index contributed by atoms with van der Waals surface area (Å²) in [5, 5.41) is 0.874. The SMILES string of the molecule is CCCC(=O)Cc1nc2cc(-c3ccc(N4CCN(C)CC4)nc3)cc(-c3cccnc3)c2s1. The summed E-state index contributed by atoms with van der Waals surface area (Å²) in [5.74, 6) is 1.27. The quantitative estimate of drug-likeness (QED) is 0.374. The number of carbonyl (C=O) groups is 1. The minimum Gasteiger partial charge on any atom is -0.354 e. The van der Waals surface area contributed by atoms with Crippen LogP contribution in [-0.2, 0) is 11.2 Å². The second-order valence-electron chi connectivity index (χ2n) is 8.88. The van der Waals surface area contributed by atoms with Gasteiger partial charge in [-0.25, -0.2) is 9.97 Å². The number of fused-ring (bicyclic) bond motifs is 1. The average Bonchev–Trinajstić information content (AvgIpc) is 3.27. The maximum absolute atomic E-state index is 12.3. The Hall–Kier alpha value is -3.16. The molecule has 34 heavy (non-hydrogen) atoms. The molecule has 0 saturated carbocycles. The van der Waals surface area contributed by atoms with Gasteiger partial charge in [0.1, 0.15) is 16.6 Å². The van der Waals surface area contributed by atoms with E-state index >= 15 is 0 Å². The second kappa shape index (κ2) is 9.99. The van der Waals surface area contributed by atoms with Gasteiger partial charge in [0.15, 0.2) is 0 Å². The van der Waals surface area contributed by atoms with Crippen LogP contribution < -0.4 is 4.90 Å². The molecule has 0 bridgehead atoms. The fourth-order valence-corrected chi connectivity index (χ4v) is 5.48. The molecule has 4 heterocycles. The predicted molar refractivity (Wildman–Crippen MR) is 139 cm³/mol. The molecule has 1 aliphatic heterocycles. The van der Waals surface area contributed by atoms with E-state index in [4.69, 9.17) is 9.97 Å². The van der Waals surface area contributed by atoms with Crippen molar-refractivity contribution in [3.63, 3.8) is 0 Å². The van der Waals surface area contributed by atoms with E-state index in [0.717, 1.165) is 75.9 Å². The number of likely N-dealkylation sites (N-methyl/N-ethyl adjacent to an activating group) is 1. The molecule has 174 valence electrons. The Balaban J connectivity index is 1.51. The lowest BCUT2D eigenvalue weighted by atomic mass is 10.00. The second-order valence-corrected chi connectivity index (χ2v) is 9.97. The van der Waals surface area contributed by atoms with E-state index in [1.165, 1.54) is 0 Å². The molecule has 0 aliphatic carbocycles. The Morgan fingerprint density at radius 1 is 1.03 bits per heavy atom. The third-order valence-electron chi connectivity index (χ3n) is 6.29. The third kappa shape index (κ3) is 4.86. The minimum absolute atomic E-state index is 0.244. The Morgan fingerprint density at radius 2 is 1.88 bits per heavy atom. The highest BCUT2D eigenvalue weighted by molar-refractivity contribution is 7.19. The molecule has 0 amide bonds. The van der Waals surface area contributed by atoms with Gasteiger partial charge in [-0.3, -0.25) is 9.78 Å². The van der Waals surface area contributed by atoms with Crippen molar-refractivity contribution in [3.05, 3.63) is 60.0 Å². The van der Waals surface area contributed by atoms with Gasteiger partial charge in [-0.15, -0.1) is 11.3 Å².